The van der Waals surface area contributed by atoms with E-state index in [1.54, 1.807) is 24.6 Å². The molecule has 166 valence electrons. The molecular weight excluding hydrogens is 410 g/mol. The Bertz CT molecular complexity index is 885. The topological polar surface area (TPSA) is 84.0 Å². The van der Waals surface area contributed by atoms with E-state index in [2.05, 4.69) is 36.8 Å². The lowest BCUT2D eigenvalue weighted by Crippen LogP contribution is -2.46. The van der Waals surface area contributed by atoms with Crippen LogP contribution in [0.15, 0.2) is 40.3 Å². The average Bonchev–Trinajstić information content (AvgIpc) is 3.32. The summed E-state index contributed by atoms with van der Waals surface area (Å²) in [5, 5.41) is 8.48. The van der Waals surface area contributed by atoms with E-state index in [9.17, 15) is 4.79 Å². The number of piperidine rings is 2. The number of rotatable bonds is 6. The first-order chi connectivity index (χ1) is 15.1. The van der Waals surface area contributed by atoms with Crippen molar-refractivity contribution in [3.05, 3.63) is 46.3 Å². The van der Waals surface area contributed by atoms with Crippen molar-refractivity contribution in [1.29, 1.82) is 0 Å². The first-order valence-electron chi connectivity index (χ1n) is 11.0. The highest BCUT2D eigenvalue weighted by atomic mass is 32.1. The van der Waals surface area contributed by atoms with Gasteiger partial charge in [0.15, 0.2) is 0 Å². The third-order valence-electron chi connectivity index (χ3n) is 6.39. The second-order valence-electron chi connectivity index (χ2n) is 8.41. The van der Waals surface area contributed by atoms with E-state index in [-0.39, 0.29) is 5.92 Å². The van der Waals surface area contributed by atoms with E-state index < -0.39 is 0 Å². The predicted octanol–water partition coefficient (Wildman–Crippen LogP) is 3.23. The summed E-state index contributed by atoms with van der Waals surface area (Å²) in [5.41, 5.74) is 9.12. The fraction of sp³-hybridized carbons (Fsp3) is 0.522. The lowest BCUT2D eigenvalue weighted by molar-refractivity contribution is -0.138. The van der Waals surface area contributed by atoms with Gasteiger partial charge in [-0.25, -0.2) is 4.98 Å². The summed E-state index contributed by atoms with van der Waals surface area (Å²) in [7, 11) is 1.60. The highest BCUT2D eigenvalue weighted by Gasteiger charge is 2.32. The summed E-state index contributed by atoms with van der Waals surface area (Å²) < 4.78 is 0. The number of carbonyl (C=O) groups is 1. The maximum Gasteiger partial charge on any atom is 0.225 e. The molecule has 31 heavy (non-hydrogen) atoms. The number of amides is 1. The van der Waals surface area contributed by atoms with E-state index >= 15 is 0 Å². The van der Waals surface area contributed by atoms with Crippen LogP contribution in [-0.2, 0) is 16.2 Å². The molecule has 0 aromatic carbocycles. The second kappa shape index (κ2) is 10.2. The van der Waals surface area contributed by atoms with E-state index in [0.717, 1.165) is 69.7 Å². The van der Waals surface area contributed by atoms with Gasteiger partial charge in [-0.05, 0) is 73.3 Å². The Hall–Kier alpha value is -2.45. The van der Waals surface area contributed by atoms with Crippen molar-refractivity contribution in [2.24, 2.45) is 17.0 Å². The van der Waals surface area contributed by atoms with E-state index in [1.807, 2.05) is 12.1 Å². The van der Waals surface area contributed by atoms with Crippen LogP contribution >= 0.6 is 11.3 Å². The van der Waals surface area contributed by atoms with Crippen LogP contribution in [0.3, 0.4) is 0 Å². The minimum absolute atomic E-state index is 0.138. The molecule has 0 bridgehead atoms. The zero-order valence-corrected chi connectivity index (χ0v) is 18.9. The third kappa shape index (κ3) is 5.43. The van der Waals surface area contributed by atoms with Crippen LogP contribution in [0.25, 0.3) is 0 Å². The number of hydrogen-bond acceptors (Lipinski definition) is 7. The zero-order valence-electron chi connectivity index (χ0n) is 18.1. The molecule has 4 heterocycles. The highest BCUT2D eigenvalue weighted by Crippen LogP contribution is 2.27. The minimum Gasteiger partial charge on any atom is -0.399 e. The smallest absolute Gasteiger partial charge is 0.225 e. The zero-order chi connectivity index (χ0) is 21.6. The van der Waals surface area contributed by atoms with E-state index in [1.165, 1.54) is 5.56 Å². The molecule has 0 spiro atoms. The largest absolute Gasteiger partial charge is 0.399 e. The molecule has 0 atom stereocenters. The van der Waals surface area contributed by atoms with Gasteiger partial charge >= 0.3 is 0 Å². The number of pyridine rings is 1. The van der Waals surface area contributed by atoms with Crippen LogP contribution in [0.4, 0.5) is 5.82 Å². The Morgan fingerprint density at radius 3 is 2.58 bits per heavy atom. The third-order valence-corrected chi connectivity index (χ3v) is 7.07. The van der Waals surface area contributed by atoms with Crippen molar-refractivity contribution >= 4 is 28.8 Å². The Morgan fingerprint density at radius 2 is 1.94 bits per heavy atom. The molecular formula is C23H31N5O2S. The Labute approximate surface area is 187 Å². The van der Waals surface area contributed by atoms with Crippen molar-refractivity contribution in [2.75, 3.05) is 39.0 Å². The molecule has 0 unspecified atom stereocenters. The summed E-state index contributed by atoms with van der Waals surface area (Å²) in [6, 6.07) is 6.03. The minimum atomic E-state index is 0.138. The normalized spacial score (nSPS) is 19.5. The SMILES string of the molecule is CON=C(c1ccsc1)C1CCN(C(=O)C2CCN(Cc3ccnc(N)c3)CC2)CC1. The van der Waals surface area contributed by atoms with Crippen molar-refractivity contribution < 1.29 is 9.63 Å². The maximum atomic E-state index is 13.1. The number of anilines is 1. The van der Waals surface area contributed by atoms with Crippen molar-refractivity contribution in [2.45, 2.75) is 32.2 Å². The lowest BCUT2D eigenvalue weighted by Gasteiger charge is -2.37. The molecule has 2 aromatic heterocycles. The molecule has 0 saturated carbocycles. The lowest BCUT2D eigenvalue weighted by atomic mass is 9.87. The van der Waals surface area contributed by atoms with Crippen LogP contribution in [0.5, 0.6) is 0 Å². The highest BCUT2D eigenvalue weighted by molar-refractivity contribution is 7.08. The van der Waals surface area contributed by atoms with Crippen molar-refractivity contribution in [3.63, 3.8) is 0 Å². The molecule has 8 heteroatoms. The number of nitrogens with two attached hydrogens (primary N) is 1. The Kier molecular flexibility index (Phi) is 7.19. The van der Waals surface area contributed by atoms with Crippen LogP contribution < -0.4 is 5.73 Å². The van der Waals surface area contributed by atoms with E-state index in [4.69, 9.17) is 10.6 Å². The molecule has 2 N–H and O–H groups in total. The van der Waals surface area contributed by atoms with E-state index in [0.29, 0.717) is 17.6 Å². The number of nitrogens with zero attached hydrogens (tertiary/aromatic N) is 4. The van der Waals surface area contributed by atoms with Gasteiger partial charge in [-0.1, -0.05) is 5.16 Å². The molecule has 0 aliphatic carbocycles. The van der Waals surface area contributed by atoms with Gasteiger partial charge < -0.3 is 15.5 Å². The Balaban J connectivity index is 1.26. The monoisotopic (exact) mass is 441 g/mol. The molecule has 2 saturated heterocycles. The molecule has 2 fully saturated rings. The number of carbonyl (C=O) groups excluding carboxylic acids is 1. The summed E-state index contributed by atoms with van der Waals surface area (Å²) in [4.78, 5) is 26.8. The van der Waals surface area contributed by atoms with Gasteiger partial charge in [-0.3, -0.25) is 9.69 Å². The van der Waals surface area contributed by atoms with Gasteiger partial charge in [0.05, 0.1) is 5.71 Å². The maximum absolute atomic E-state index is 13.1. The number of oxime groups is 1. The fourth-order valence-corrected chi connectivity index (χ4v) is 5.34. The predicted molar refractivity (Wildman–Crippen MR) is 124 cm³/mol. The molecule has 2 aliphatic rings. The fourth-order valence-electron chi connectivity index (χ4n) is 4.69. The number of likely N-dealkylation sites (tertiary alicyclic amines) is 2. The van der Waals surface area contributed by atoms with Crippen molar-refractivity contribution in [1.82, 2.24) is 14.8 Å². The second-order valence-corrected chi connectivity index (χ2v) is 9.19. The van der Waals surface area contributed by atoms with Gasteiger partial charge in [-0.15, -0.1) is 0 Å². The molecule has 2 aromatic rings. The number of nitrogen functional groups attached to an aromatic ring is 1. The number of hydrogen-bond donors (Lipinski definition) is 1. The summed E-state index contributed by atoms with van der Waals surface area (Å²) in [6.07, 6.45) is 5.47. The van der Waals surface area contributed by atoms with Gasteiger partial charge in [0, 0.05) is 43.2 Å². The average molecular weight is 442 g/mol. The quantitative estimate of drug-likeness (QED) is 0.550. The van der Waals surface area contributed by atoms with Crippen LogP contribution in [0, 0.1) is 11.8 Å². The van der Waals surface area contributed by atoms with Crippen molar-refractivity contribution in [3.8, 4) is 0 Å². The molecule has 2 aliphatic heterocycles. The molecule has 1 amide bonds. The van der Waals surface area contributed by atoms with Crippen LogP contribution in [0.2, 0.25) is 0 Å². The number of aromatic nitrogens is 1. The first kappa shape index (κ1) is 21.8. The summed E-state index contributed by atoms with van der Waals surface area (Å²) in [6.45, 7) is 4.35. The van der Waals surface area contributed by atoms with Gasteiger partial charge in [-0.2, -0.15) is 11.3 Å². The van der Waals surface area contributed by atoms with Gasteiger partial charge in [0.2, 0.25) is 5.91 Å². The standard InChI is InChI=1S/C23H31N5O2S/c1-30-26-22(20-7-13-31-16-20)18-5-11-28(12-6-18)23(29)19-3-9-27(10-4-19)15-17-2-8-25-21(24)14-17/h2,7-8,13-14,16,18-19H,3-6,9-12,15H2,1H3,(H2,24,25). The summed E-state index contributed by atoms with van der Waals surface area (Å²) in [5.74, 6) is 1.36. The summed E-state index contributed by atoms with van der Waals surface area (Å²) >= 11 is 1.67. The molecule has 4 rings (SSSR count). The van der Waals surface area contributed by atoms with Gasteiger partial charge in [0.25, 0.3) is 0 Å². The van der Waals surface area contributed by atoms with Gasteiger partial charge in [0.1, 0.15) is 12.9 Å². The van der Waals surface area contributed by atoms with Crippen LogP contribution in [0.1, 0.15) is 36.8 Å². The molecule has 0 radical (unpaired) electrons. The number of thiophene rings is 1. The first-order valence-corrected chi connectivity index (χ1v) is 11.9. The molecule has 7 nitrogen and oxygen atoms in total. The van der Waals surface area contributed by atoms with Crippen LogP contribution in [-0.4, -0.2) is 59.7 Å². The Morgan fingerprint density at radius 1 is 1.19 bits per heavy atom.